The summed E-state index contributed by atoms with van der Waals surface area (Å²) in [5.74, 6) is 0. The van der Waals surface area contributed by atoms with Gasteiger partial charge in [0.1, 0.15) is 11.8 Å². The molecule has 1 amide bonds. The number of carbonyl (C=O) groups is 1. The van der Waals surface area contributed by atoms with Gasteiger partial charge in [-0.1, -0.05) is 0 Å². The van der Waals surface area contributed by atoms with E-state index in [0.29, 0.717) is 12.2 Å². The second-order valence-electron chi connectivity index (χ2n) is 5.20. The molecule has 0 radical (unpaired) electrons. The minimum absolute atomic E-state index is 0.0675. The van der Waals surface area contributed by atoms with Crippen LogP contribution in [0.3, 0.4) is 0 Å². The first-order valence-electron chi connectivity index (χ1n) is 5.66. The van der Waals surface area contributed by atoms with Crippen LogP contribution in [0.25, 0.3) is 0 Å². The standard InChI is InChI=1S/C11H18N4O2/c1-11(2,3)17-10(16)14-5-4-9(14)15-7-8(12)6-13-15/h6-7,9H,4-5,12H2,1-3H3. The predicted molar refractivity (Wildman–Crippen MR) is 63.2 cm³/mol. The van der Waals surface area contributed by atoms with Crippen LogP contribution < -0.4 is 5.73 Å². The first-order valence-corrected chi connectivity index (χ1v) is 5.66. The first kappa shape index (κ1) is 11.8. The van der Waals surface area contributed by atoms with Crippen molar-refractivity contribution >= 4 is 11.8 Å². The quantitative estimate of drug-likeness (QED) is 0.806. The number of nitrogens with zero attached hydrogens (tertiary/aromatic N) is 3. The van der Waals surface area contributed by atoms with Crippen molar-refractivity contribution in [2.45, 2.75) is 39.0 Å². The molecular formula is C11H18N4O2. The minimum Gasteiger partial charge on any atom is -0.444 e. The van der Waals surface area contributed by atoms with E-state index in [4.69, 9.17) is 10.5 Å². The number of hydrogen-bond donors (Lipinski definition) is 1. The molecule has 2 rings (SSSR count). The summed E-state index contributed by atoms with van der Waals surface area (Å²) in [4.78, 5) is 13.5. The highest BCUT2D eigenvalue weighted by molar-refractivity contribution is 5.69. The molecule has 1 aliphatic heterocycles. The monoisotopic (exact) mass is 238 g/mol. The predicted octanol–water partition coefficient (Wildman–Crippen LogP) is 1.60. The van der Waals surface area contributed by atoms with E-state index in [1.807, 2.05) is 20.8 Å². The third kappa shape index (κ3) is 2.51. The number of hydrogen-bond acceptors (Lipinski definition) is 4. The zero-order valence-corrected chi connectivity index (χ0v) is 10.4. The maximum atomic E-state index is 11.9. The van der Waals surface area contributed by atoms with Crippen LogP contribution in [0.1, 0.15) is 33.4 Å². The SMILES string of the molecule is CC(C)(C)OC(=O)N1CCC1n1cc(N)cn1. The summed E-state index contributed by atoms with van der Waals surface area (Å²) < 4.78 is 7.01. The van der Waals surface area contributed by atoms with Gasteiger partial charge in [-0.3, -0.25) is 4.90 Å². The summed E-state index contributed by atoms with van der Waals surface area (Å²) in [6.07, 6.45) is 3.80. The molecule has 1 atom stereocenters. The van der Waals surface area contributed by atoms with E-state index in [2.05, 4.69) is 5.10 Å². The molecule has 0 spiro atoms. The lowest BCUT2D eigenvalue weighted by Crippen LogP contribution is -2.49. The van der Waals surface area contributed by atoms with E-state index in [9.17, 15) is 4.79 Å². The van der Waals surface area contributed by atoms with E-state index in [-0.39, 0.29) is 12.3 Å². The second kappa shape index (κ2) is 3.94. The van der Waals surface area contributed by atoms with Crippen LogP contribution in [0.15, 0.2) is 12.4 Å². The number of nitrogen functional groups attached to an aromatic ring is 1. The highest BCUT2D eigenvalue weighted by Crippen LogP contribution is 2.29. The lowest BCUT2D eigenvalue weighted by Gasteiger charge is -2.41. The third-order valence-electron chi connectivity index (χ3n) is 2.54. The second-order valence-corrected chi connectivity index (χ2v) is 5.20. The topological polar surface area (TPSA) is 73.4 Å². The molecule has 1 aromatic rings. The molecule has 0 saturated carbocycles. The van der Waals surface area contributed by atoms with Crippen molar-refractivity contribution < 1.29 is 9.53 Å². The number of rotatable bonds is 1. The van der Waals surface area contributed by atoms with Gasteiger partial charge < -0.3 is 10.5 Å². The molecule has 1 saturated heterocycles. The molecule has 1 unspecified atom stereocenters. The molecule has 6 nitrogen and oxygen atoms in total. The summed E-state index contributed by atoms with van der Waals surface area (Å²) in [6.45, 7) is 6.25. The lowest BCUT2D eigenvalue weighted by molar-refractivity contribution is -0.0256. The van der Waals surface area contributed by atoms with E-state index in [1.165, 1.54) is 0 Å². The zero-order chi connectivity index (χ0) is 12.6. The average molecular weight is 238 g/mol. The van der Waals surface area contributed by atoms with Gasteiger partial charge in [-0.15, -0.1) is 0 Å². The minimum atomic E-state index is -0.472. The number of ether oxygens (including phenoxy) is 1. The van der Waals surface area contributed by atoms with Gasteiger partial charge in [0.25, 0.3) is 0 Å². The number of likely N-dealkylation sites (tertiary alicyclic amines) is 1. The number of nitrogens with two attached hydrogens (primary N) is 1. The molecule has 0 bridgehead atoms. The summed E-state index contributed by atoms with van der Waals surface area (Å²) in [5, 5.41) is 4.11. The Labute approximate surface area is 100 Å². The zero-order valence-electron chi connectivity index (χ0n) is 10.4. The maximum absolute atomic E-state index is 11.9. The van der Waals surface area contributed by atoms with E-state index < -0.39 is 5.60 Å². The number of carbonyl (C=O) groups excluding carboxylic acids is 1. The molecule has 94 valence electrons. The number of amides is 1. The average Bonchev–Trinajstić information content (AvgIpc) is 2.45. The van der Waals surface area contributed by atoms with Crippen LogP contribution in [0, 0.1) is 0 Å². The Hall–Kier alpha value is -1.72. The fourth-order valence-corrected chi connectivity index (χ4v) is 1.70. The summed E-state index contributed by atoms with van der Waals surface area (Å²) in [5.41, 5.74) is 5.73. The van der Waals surface area contributed by atoms with Crippen molar-refractivity contribution in [3.8, 4) is 0 Å². The highest BCUT2D eigenvalue weighted by Gasteiger charge is 2.36. The van der Waals surface area contributed by atoms with Crippen molar-refractivity contribution in [2.75, 3.05) is 12.3 Å². The molecule has 1 aliphatic rings. The molecule has 0 aliphatic carbocycles. The van der Waals surface area contributed by atoms with Crippen molar-refractivity contribution in [3.63, 3.8) is 0 Å². The Kier molecular flexibility index (Phi) is 2.73. The Morgan fingerprint density at radius 1 is 1.59 bits per heavy atom. The summed E-state index contributed by atoms with van der Waals surface area (Å²) >= 11 is 0. The fourth-order valence-electron chi connectivity index (χ4n) is 1.70. The largest absolute Gasteiger partial charge is 0.444 e. The van der Waals surface area contributed by atoms with Crippen molar-refractivity contribution in [1.29, 1.82) is 0 Å². The molecule has 1 aromatic heterocycles. The van der Waals surface area contributed by atoms with Crippen LogP contribution in [0.2, 0.25) is 0 Å². The third-order valence-corrected chi connectivity index (χ3v) is 2.54. The number of aromatic nitrogens is 2. The maximum Gasteiger partial charge on any atom is 0.412 e. The number of anilines is 1. The van der Waals surface area contributed by atoms with Crippen molar-refractivity contribution in [1.82, 2.24) is 14.7 Å². The van der Waals surface area contributed by atoms with Crippen LogP contribution in [0.4, 0.5) is 10.5 Å². The Bertz CT molecular complexity index is 421. The molecule has 17 heavy (non-hydrogen) atoms. The normalized spacial score (nSPS) is 19.9. The smallest absolute Gasteiger partial charge is 0.412 e. The molecule has 1 fully saturated rings. The van der Waals surface area contributed by atoms with Crippen LogP contribution >= 0.6 is 0 Å². The molecule has 2 heterocycles. The molecule has 2 N–H and O–H groups in total. The lowest BCUT2D eigenvalue weighted by atomic mass is 10.1. The van der Waals surface area contributed by atoms with Crippen LogP contribution in [0.5, 0.6) is 0 Å². The van der Waals surface area contributed by atoms with Crippen molar-refractivity contribution in [2.24, 2.45) is 0 Å². The van der Waals surface area contributed by atoms with E-state index in [1.54, 1.807) is 22.0 Å². The summed E-state index contributed by atoms with van der Waals surface area (Å²) in [7, 11) is 0. The Balaban J connectivity index is 2.02. The van der Waals surface area contributed by atoms with Gasteiger partial charge in [0.2, 0.25) is 0 Å². The summed E-state index contributed by atoms with van der Waals surface area (Å²) in [6, 6.07) is 0. The van der Waals surface area contributed by atoms with Gasteiger partial charge in [-0.05, 0) is 20.8 Å². The first-order chi connectivity index (χ1) is 7.87. The van der Waals surface area contributed by atoms with Gasteiger partial charge in [-0.2, -0.15) is 5.10 Å². The van der Waals surface area contributed by atoms with Gasteiger partial charge in [0.05, 0.1) is 18.1 Å². The van der Waals surface area contributed by atoms with Crippen molar-refractivity contribution in [3.05, 3.63) is 12.4 Å². The fraction of sp³-hybridized carbons (Fsp3) is 0.636. The van der Waals surface area contributed by atoms with Gasteiger partial charge in [0.15, 0.2) is 0 Å². The molecular weight excluding hydrogens is 220 g/mol. The molecule has 0 aromatic carbocycles. The van der Waals surface area contributed by atoms with E-state index >= 15 is 0 Å². The van der Waals surface area contributed by atoms with Gasteiger partial charge >= 0.3 is 6.09 Å². The Morgan fingerprint density at radius 2 is 2.29 bits per heavy atom. The van der Waals surface area contributed by atoms with Gasteiger partial charge in [0, 0.05) is 13.0 Å². The molecule has 6 heteroatoms. The Morgan fingerprint density at radius 3 is 2.71 bits per heavy atom. The van der Waals surface area contributed by atoms with Gasteiger partial charge in [-0.25, -0.2) is 9.48 Å². The van der Waals surface area contributed by atoms with E-state index in [0.717, 1.165) is 6.42 Å². The van der Waals surface area contributed by atoms with Crippen LogP contribution in [-0.4, -0.2) is 32.9 Å². The highest BCUT2D eigenvalue weighted by atomic mass is 16.6. The van der Waals surface area contributed by atoms with Crippen LogP contribution in [-0.2, 0) is 4.74 Å².